The van der Waals surface area contributed by atoms with Gasteiger partial charge >= 0.3 is 0 Å². The Morgan fingerprint density at radius 1 is 1.08 bits per heavy atom. The predicted molar refractivity (Wildman–Crippen MR) is 101 cm³/mol. The van der Waals surface area contributed by atoms with Gasteiger partial charge in [-0.25, -0.2) is 9.97 Å². The van der Waals surface area contributed by atoms with Crippen LogP contribution < -0.4 is 5.32 Å². The predicted octanol–water partition coefficient (Wildman–Crippen LogP) is 4.75. The Bertz CT molecular complexity index is 1060. The highest BCUT2D eigenvalue weighted by atomic mass is 16.3. The molecule has 2 N–H and O–H groups in total. The number of benzene rings is 1. The molecule has 26 heavy (non-hydrogen) atoms. The third kappa shape index (κ3) is 2.99. The number of phenolic OH excluding ortho intramolecular Hbond substituents is 1. The number of hydrogen-bond acceptors (Lipinski definition) is 5. The number of pyridine rings is 2. The maximum absolute atomic E-state index is 10.9. The van der Waals surface area contributed by atoms with Crippen molar-refractivity contribution in [2.45, 2.75) is 19.9 Å². The van der Waals surface area contributed by atoms with Crippen LogP contribution in [-0.2, 0) is 0 Å². The molecule has 0 saturated carbocycles. The van der Waals surface area contributed by atoms with Gasteiger partial charge in [0.2, 0.25) is 0 Å². The minimum Gasteiger partial charge on any atom is -0.505 e. The van der Waals surface area contributed by atoms with E-state index in [9.17, 15) is 5.11 Å². The summed E-state index contributed by atoms with van der Waals surface area (Å²) in [6.07, 6.45) is 3.37. The Kier molecular flexibility index (Phi) is 4.05. The summed E-state index contributed by atoms with van der Waals surface area (Å²) in [5.74, 6) is 1.55. The molecule has 3 heterocycles. The van der Waals surface area contributed by atoms with E-state index in [4.69, 9.17) is 4.42 Å². The SMILES string of the molecule is Cc1ccnc(NC(c2ccco2)c2ccc3ccc(C)nc3c2O)c1. The molecule has 1 aromatic carbocycles. The molecule has 1 atom stereocenters. The third-order valence-electron chi connectivity index (χ3n) is 4.35. The number of aromatic nitrogens is 2. The van der Waals surface area contributed by atoms with Gasteiger partial charge in [-0.3, -0.25) is 0 Å². The summed E-state index contributed by atoms with van der Waals surface area (Å²) in [6, 6.07) is 15.0. The van der Waals surface area contributed by atoms with Gasteiger partial charge in [0.05, 0.1) is 6.26 Å². The molecular formula is C21H19N3O2. The summed E-state index contributed by atoms with van der Waals surface area (Å²) in [7, 11) is 0. The molecule has 0 aliphatic rings. The van der Waals surface area contributed by atoms with E-state index in [1.165, 1.54) is 0 Å². The highest BCUT2D eigenvalue weighted by Gasteiger charge is 2.22. The molecule has 0 aliphatic heterocycles. The largest absolute Gasteiger partial charge is 0.505 e. The zero-order chi connectivity index (χ0) is 18.1. The second-order valence-electron chi connectivity index (χ2n) is 6.34. The van der Waals surface area contributed by atoms with Crippen LogP contribution in [0.25, 0.3) is 10.9 Å². The van der Waals surface area contributed by atoms with Crippen LogP contribution in [0.2, 0.25) is 0 Å². The molecule has 0 radical (unpaired) electrons. The van der Waals surface area contributed by atoms with Crippen LogP contribution >= 0.6 is 0 Å². The lowest BCUT2D eigenvalue weighted by Gasteiger charge is -2.20. The number of furan rings is 1. The lowest BCUT2D eigenvalue weighted by Crippen LogP contribution is -2.13. The van der Waals surface area contributed by atoms with Gasteiger partial charge in [-0.1, -0.05) is 18.2 Å². The molecule has 0 bridgehead atoms. The highest BCUT2D eigenvalue weighted by molar-refractivity contribution is 5.86. The summed E-state index contributed by atoms with van der Waals surface area (Å²) < 4.78 is 5.62. The number of hydrogen-bond donors (Lipinski definition) is 2. The minimum atomic E-state index is -0.383. The first-order valence-corrected chi connectivity index (χ1v) is 8.43. The zero-order valence-electron chi connectivity index (χ0n) is 14.6. The topological polar surface area (TPSA) is 71.2 Å². The van der Waals surface area contributed by atoms with E-state index in [0.29, 0.717) is 22.7 Å². The first-order chi connectivity index (χ1) is 12.6. The molecule has 4 aromatic rings. The van der Waals surface area contributed by atoms with E-state index in [1.54, 1.807) is 12.5 Å². The van der Waals surface area contributed by atoms with E-state index >= 15 is 0 Å². The molecule has 5 heteroatoms. The fraction of sp³-hybridized carbons (Fsp3) is 0.143. The fourth-order valence-corrected chi connectivity index (χ4v) is 3.04. The normalized spacial score (nSPS) is 12.2. The van der Waals surface area contributed by atoms with Crippen molar-refractivity contribution in [2.24, 2.45) is 0 Å². The molecule has 4 rings (SSSR count). The van der Waals surface area contributed by atoms with Crippen LogP contribution in [0.1, 0.15) is 28.6 Å². The number of aromatic hydroxyl groups is 1. The van der Waals surface area contributed by atoms with Crippen LogP contribution in [0, 0.1) is 13.8 Å². The summed E-state index contributed by atoms with van der Waals surface area (Å²) in [5, 5.41) is 15.2. The highest BCUT2D eigenvalue weighted by Crippen LogP contribution is 2.36. The Labute approximate surface area is 151 Å². The van der Waals surface area contributed by atoms with E-state index in [1.807, 2.05) is 62.4 Å². The minimum absolute atomic E-state index is 0.146. The second-order valence-corrected chi connectivity index (χ2v) is 6.34. The Morgan fingerprint density at radius 2 is 1.92 bits per heavy atom. The van der Waals surface area contributed by atoms with Crippen LogP contribution in [-0.4, -0.2) is 15.1 Å². The van der Waals surface area contributed by atoms with Crippen molar-refractivity contribution < 1.29 is 9.52 Å². The average Bonchev–Trinajstić information content (AvgIpc) is 3.15. The summed E-state index contributed by atoms with van der Waals surface area (Å²) in [4.78, 5) is 8.87. The quantitative estimate of drug-likeness (QED) is 0.559. The van der Waals surface area contributed by atoms with Crippen LogP contribution in [0.5, 0.6) is 5.75 Å². The van der Waals surface area contributed by atoms with Crippen molar-refractivity contribution in [3.05, 3.63) is 83.6 Å². The third-order valence-corrected chi connectivity index (χ3v) is 4.35. The molecule has 0 aliphatic carbocycles. The van der Waals surface area contributed by atoms with Gasteiger partial charge in [-0.15, -0.1) is 0 Å². The lowest BCUT2D eigenvalue weighted by molar-refractivity contribution is 0.458. The molecule has 5 nitrogen and oxygen atoms in total. The number of nitrogens with zero attached hydrogens (tertiary/aromatic N) is 2. The molecule has 0 amide bonds. The Hall–Kier alpha value is -3.34. The molecule has 130 valence electrons. The Morgan fingerprint density at radius 3 is 2.69 bits per heavy atom. The van der Waals surface area contributed by atoms with Crippen molar-refractivity contribution in [3.63, 3.8) is 0 Å². The number of fused-ring (bicyclic) bond motifs is 1. The lowest BCUT2D eigenvalue weighted by atomic mass is 10.0. The van der Waals surface area contributed by atoms with Gasteiger partial charge in [-0.05, 0) is 49.7 Å². The van der Waals surface area contributed by atoms with Gasteiger partial charge in [0, 0.05) is 22.8 Å². The number of anilines is 1. The van der Waals surface area contributed by atoms with E-state index in [-0.39, 0.29) is 11.8 Å². The monoisotopic (exact) mass is 345 g/mol. The summed E-state index contributed by atoms with van der Waals surface area (Å²) >= 11 is 0. The zero-order valence-corrected chi connectivity index (χ0v) is 14.6. The second kappa shape index (κ2) is 6.52. The van der Waals surface area contributed by atoms with Crippen molar-refractivity contribution in [1.29, 1.82) is 0 Å². The maximum Gasteiger partial charge on any atom is 0.147 e. The number of aryl methyl sites for hydroxylation is 2. The van der Waals surface area contributed by atoms with E-state index in [2.05, 4.69) is 15.3 Å². The number of phenols is 1. The summed E-state index contributed by atoms with van der Waals surface area (Å²) in [6.45, 7) is 3.92. The average molecular weight is 345 g/mol. The van der Waals surface area contributed by atoms with Crippen molar-refractivity contribution in [2.75, 3.05) is 5.32 Å². The number of rotatable bonds is 4. The molecule has 0 fully saturated rings. The van der Waals surface area contributed by atoms with Crippen LogP contribution in [0.15, 0.2) is 65.4 Å². The molecule has 0 spiro atoms. The summed E-state index contributed by atoms with van der Waals surface area (Å²) in [5.41, 5.74) is 3.22. The fourth-order valence-electron chi connectivity index (χ4n) is 3.04. The maximum atomic E-state index is 10.9. The van der Waals surface area contributed by atoms with E-state index < -0.39 is 0 Å². The van der Waals surface area contributed by atoms with Gasteiger partial charge in [0.25, 0.3) is 0 Å². The van der Waals surface area contributed by atoms with Gasteiger partial charge in [0.15, 0.2) is 0 Å². The van der Waals surface area contributed by atoms with Crippen molar-refractivity contribution in [3.8, 4) is 5.75 Å². The van der Waals surface area contributed by atoms with Gasteiger partial charge in [-0.2, -0.15) is 0 Å². The van der Waals surface area contributed by atoms with Crippen LogP contribution in [0.4, 0.5) is 5.82 Å². The standard InChI is InChI=1S/C21H19N3O2/c1-13-9-10-22-18(12-13)24-20(17-4-3-11-26-17)16-8-7-15-6-5-14(2)23-19(15)21(16)25/h3-12,20,25H,1-2H3,(H,22,24). The first kappa shape index (κ1) is 16.1. The van der Waals surface area contributed by atoms with Crippen molar-refractivity contribution in [1.82, 2.24) is 9.97 Å². The van der Waals surface area contributed by atoms with Crippen molar-refractivity contribution >= 4 is 16.7 Å². The van der Waals surface area contributed by atoms with Crippen LogP contribution in [0.3, 0.4) is 0 Å². The van der Waals surface area contributed by atoms with Gasteiger partial charge in [0.1, 0.15) is 28.9 Å². The molecule has 0 saturated heterocycles. The number of nitrogens with one attached hydrogen (secondary N) is 1. The molecular weight excluding hydrogens is 326 g/mol. The first-order valence-electron chi connectivity index (χ1n) is 8.43. The smallest absolute Gasteiger partial charge is 0.147 e. The van der Waals surface area contributed by atoms with Gasteiger partial charge < -0.3 is 14.8 Å². The van der Waals surface area contributed by atoms with E-state index in [0.717, 1.165) is 16.6 Å². The molecule has 1 unspecified atom stereocenters. The molecule has 3 aromatic heterocycles. The Balaban J connectivity index is 1.84.